The predicted octanol–water partition coefficient (Wildman–Crippen LogP) is -0.139. The van der Waals surface area contributed by atoms with Crippen LogP contribution >= 0.6 is 0 Å². The van der Waals surface area contributed by atoms with Crippen LogP contribution in [0.15, 0.2) is 30.5 Å². The van der Waals surface area contributed by atoms with E-state index in [1.54, 1.807) is 24.3 Å². The SMILES string of the molecule is N[C@@]1(C(=O)O)C[C@H](NC(=O)c2cnc3ccccc3n2)[C@H]2[C@H](C(=O)O)[C@H]21. The summed E-state index contributed by atoms with van der Waals surface area (Å²) < 4.78 is 0. The molecule has 2 aliphatic rings. The van der Waals surface area contributed by atoms with Gasteiger partial charge in [0.15, 0.2) is 0 Å². The van der Waals surface area contributed by atoms with Crippen LogP contribution in [0.2, 0.25) is 0 Å². The van der Waals surface area contributed by atoms with Crippen LogP contribution in [0.5, 0.6) is 0 Å². The minimum atomic E-state index is -1.65. The minimum absolute atomic E-state index is 0.0196. The maximum atomic E-state index is 12.5. The van der Waals surface area contributed by atoms with Gasteiger partial charge in [0.25, 0.3) is 5.91 Å². The molecule has 2 fully saturated rings. The Morgan fingerprint density at radius 1 is 1.19 bits per heavy atom. The average molecular weight is 356 g/mol. The summed E-state index contributed by atoms with van der Waals surface area (Å²) in [6, 6.07) is 6.44. The maximum absolute atomic E-state index is 12.5. The smallest absolute Gasteiger partial charge is 0.324 e. The van der Waals surface area contributed by atoms with Gasteiger partial charge >= 0.3 is 11.9 Å². The average Bonchev–Trinajstić information content (AvgIpc) is 3.30. The van der Waals surface area contributed by atoms with Gasteiger partial charge in [0.1, 0.15) is 11.2 Å². The third kappa shape index (κ3) is 2.31. The number of nitrogens with two attached hydrogens (primary N) is 1. The van der Waals surface area contributed by atoms with E-state index in [9.17, 15) is 24.6 Å². The van der Waals surface area contributed by atoms with Gasteiger partial charge in [-0.2, -0.15) is 0 Å². The third-order valence-corrected chi connectivity index (χ3v) is 5.37. The largest absolute Gasteiger partial charge is 0.481 e. The Bertz CT molecular complexity index is 948. The Morgan fingerprint density at radius 2 is 1.88 bits per heavy atom. The lowest BCUT2D eigenvalue weighted by Crippen LogP contribution is -2.52. The molecule has 2 aliphatic carbocycles. The quantitative estimate of drug-likeness (QED) is 0.590. The number of carbonyl (C=O) groups is 3. The van der Waals surface area contributed by atoms with Gasteiger partial charge < -0.3 is 21.3 Å². The third-order valence-electron chi connectivity index (χ3n) is 5.37. The molecule has 0 bridgehead atoms. The summed E-state index contributed by atoms with van der Waals surface area (Å²) >= 11 is 0. The molecule has 1 amide bonds. The first-order chi connectivity index (χ1) is 12.3. The molecular weight excluding hydrogens is 340 g/mol. The highest BCUT2D eigenvalue weighted by Crippen LogP contribution is 2.61. The van der Waals surface area contributed by atoms with Gasteiger partial charge in [0.05, 0.1) is 23.1 Å². The molecule has 5 N–H and O–H groups in total. The van der Waals surface area contributed by atoms with Crippen molar-refractivity contribution >= 4 is 28.9 Å². The van der Waals surface area contributed by atoms with Crippen LogP contribution in [0.1, 0.15) is 16.9 Å². The number of rotatable bonds is 4. The number of benzene rings is 1. The molecule has 2 saturated carbocycles. The molecule has 4 rings (SSSR count). The topological polar surface area (TPSA) is 156 Å². The minimum Gasteiger partial charge on any atom is -0.481 e. The van der Waals surface area contributed by atoms with Crippen LogP contribution in [0.3, 0.4) is 0 Å². The van der Waals surface area contributed by atoms with Crippen LogP contribution in [-0.2, 0) is 9.59 Å². The van der Waals surface area contributed by atoms with E-state index in [1.807, 2.05) is 0 Å². The number of hydrogen-bond acceptors (Lipinski definition) is 6. The Labute approximate surface area is 147 Å². The Hall–Kier alpha value is -3.07. The highest BCUT2D eigenvalue weighted by Gasteiger charge is 2.74. The number of amides is 1. The molecule has 5 atom stereocenters. The van der Waals surface area contributed by atoms with Gasteiger partial charge in [-0.1, -0.05) is 12.1 Å². The molecule has 1 aromatic heterocycles. The lowest BCUT2D eigenvalue weighted by Gasteiger charge is -2.24. The van der Waals surface area contributed by atoms with Crippen LogP contribution < -0.4 is 11.1 Å². The number of nitrogens with one attached hydrogen (secondary N) is 1. The fraction of sp³-hybridized carbons (Fsp3) is 0.353. The van der Waals surface area contributed by atoms with Crippen LogP contribution in [0.25, 0.3) is 11.0 Å². The number of fused-ring (bicyclic) bond motifs is 2. The van der Waals surface area contributed by atoms with Crippen molar-refractivity contribution in [3.05, 3.63) is 36.2 Å². The van der Waals surface area contributed by atoms with Crippen LogP contribution in [-0.4, -0.2) is 49.6 Å². The normalized spacial score (nSPS) is 32.0. The molecule has 2 aromatic rings. The van der Waals surface area contributed by atoms with E-state index in [0.29, 0.717) is 11.0 Å². The number of hydrogen-bond donors (Lipinski definition) is 4. The van der Waals surface area contributed by atoms with Gasteiger partial charge in [-0.05, 0) is 24.5 Å². The van der Waals surface area contributed by atoms with Crippen molar-refractivity contribution in [2.45, 2.75) is 18.0 Å². The first-order valence-corrected chi connectivity index (χ1v) is 8.10. The van der Waals surface area contributed by atoms with Gasteiger partial charge in [-0.3, -0.25) is 19.4 Å². The number of aliphatic carboxylic acids is 2. The van der Waals surface area contributed by atoms with Crippen LogP contribution in [0.4, 0.5) is 0 Å². The molecular formula is C17H16N4O5. The summed E-state index contributed by atoms with van der Waals surface area (Å²) in [4.78, 5) is 43.8. The van der Waals surface area contributed by atoms with Gasteiger partial charge in [0, 0.05) is 12.0 Å². The second-order valence-electron chi connectivity index (χ2n) is 6.84. The number of carboxylic acids is 2. The predicted molar refractivity (Wildman–Crippen MR) is 88.1 cm³/mol. The second-order valence-corrected chi connectivity index (χ2v) is 6.84. The molecule has 0 aliphatic heterocycles. The van der Waals surface area contributed by atoms with E-state index in [1.165, 1.54) is 6.20 Å². The maximum Gasteiger partial charge on any atom is 0.324 e. The molecule has 0 unspecified atom stereocenters. The molecule has 26 heavy (non-hydrogen) atoms. The van der Waals surface area contributed by atoms with Crippen molar-refractivity contribution in [3.63, 3.8) is 0 Å². The molecule has 134 valence electrons. The summed E-state index contributed by atoms with van der Waals surface area (Å²) in [7, 11) is 0. The molecule has 0 saturated heterocycles. The van der Waals surface area contributed by atoms with Crippen molar-refractivity contribution in [3.8, 4) is 0 Å². The van der Waals surface area contributed by atoms with Crippen molar-refractivity contribution in [1.29, 1.82) is 0 Å². The van der Waals surface area contributed by atoms with E-state index in [2.05, 4.69) is 15.3 Å². The lowest BCUT2D eigenvalue weighted by atomic mass is 9.90. The first-order valence-electron chi connectivity index (χ1n) is 8.10. The van der Waals surface area contributed by atoms with Crippen molar-refractivity contribution in [2.75, 3.05) is 0 Å². The van der Waals surface area contributed by atoms with E-state index in [0.717, 1.165) is 0 Å². The summed E-state index contributed by atoms with van der Waals surface area (Å²) in [6.45, 7) is 0. The molecule has 0 spiro atoms. The van der Waals surface area contributed by atoms with E-state index < -0.39 is 47.2 Å². The number of aromatic nitrogens is 2. The lowest BCUT2D eigenvalue weighted by molar-refractivity contribution is -0.145. The number of carbonyl (C=O) groups excluding carboxylic acids is 1. The molecule has 0 radical (unpaired) electrons. The zero-order valence-corrected chi connectivity index (χ0v) is 13.5. The highest BCUT2D eigenvalue weighted by atomic mass is 16.4. The Balaban J connectivity index is 1.57. The summed E-state index contributed by atoms with van der Waals surface area (Å²) in [6.07, 6.45) is 1.31. The fourth-order valence-electron chi connectivity index (χ4n) is 4.14. The van der Waals surface area contributed by atoms with Crippen molar-refractivity contribution < 1.29 is 24.6 Å². The standard InChI is InChI=1S/C17H16N4O5/c18-17(16(25)26)5-9(11-12(13(11)17)15(23)24)21-14(22)10-6-19-7-3-1-2-4-8(7)20-10/h1-4,6,9,11-13H,5,18H2,(H,21,22)(H,23,24)(H,25,26)/t9-,11-,12-,13-,17-/m0/s1. The van der Waals surface area contributed by atoms with Crippen LogP contribution in [0, 0.1) is 17.8 Å². The molecule has 1 aromatic carbocycles. The summed E-state index contributed by atoms with van der Waals surface area (Å²) in [5.74, 6) is -4.93. The summed E-state index contributed by atoms with van der Waals surface area (Å²) in [5, 5.41) is 21.4. The van der Waals surface area contributed by atoms with Crippen molar-refractivity contribution in [1.82, 2.24) is 15.3 Å². The molecule has 9 heteroatoms. The number of carboxylic acid groups (broad SMARTS) is 2. The zero-order valence-electron chi connectivity index (χ0n) is 13.5. The second kappa shape index (κ2) is 5.46. The molecule has 9 nitrogen and oxygen atoms in total. The van der Waals surface area contributed by atoms with Gasteiger partial charge in [-0.15, -0.1) is 0 Å². The Kier molecular flexibility index (Phi) is 3.45. The number of nitrogens with zero attached hydrogens (tertiary/aromatic N) is 2. The number of para-hydroxylation sites is 2. The van der Waals surface area contributed by atoms with Crippen molar-refractivity contribution in [2.24, 2.45) is 23.5 Å². The summed E-state index contributed by atoms with van der Waals surface area (Å²) in [5.41, 5.74) is 5.58. The van der Waals surface area contributed by atoms with E-state index >= 15 is 0 Å². The van der Waals surface area contributed by atoms with Gasteiger partial charge in [0.2, 0.25) is 0 Å². The van der Waals surface area contributed by atoms with E-state index in [4.69, 9.17) is 5.73 Å². The Morgan fingerprint density at radius 3 is 2.54 bits per heavy atom. The molecule has 1 heterocycles. The van der Waals surface area contributed by atoms with Gasteiger partial charge in [-0.25, -0.2) is 4.98 Å². The monoisotopic (exact) mass is 356 g/mol. The van der Waals surface area contributed by atoms with E-state index in [-0.39, 0.29) is 12.1 Å². The fourth-order valence-corrected chi connectivity index (χ4v) is 4.14. The zero-order chi connectivity index (χ0) is 18.6. The first kappa shape index (κ1) is 16.4. The highest BCUT2D eigenvalue weighted by molar-refractivity contribution is 5.94.